The topological polar surface area (TPSA) is 36.3 Å². The second kappa shape index (κ2) is 9.44. The van der Waals surface area contributed by atoms with Crippen LogP contribution >= 0.6 is 0 Å². The molecule has 154 valence electrons. The van der Waals surface area contributed by atoms with E-state index in [1.54, 1.807) is 12.1 Å². The molecule has 0 aliphatic carbocycles. The van der Waals surface area contributed by atoms with Crippen LogP contribution in [0.25, 0.3) is 22.4 Å². The molecule has 0 aliphatic heterocycles. The van der Waals surface area contributed by atoms with Gasteiger partial charge in [0.15, 0.2) is 11.5 Å². The smallest absolute Gasteiger partial charge is 0.161 e. The summed E-state index contributed by atoms with van der Waals surface area (Å²) in [5.41, 5.74) is 2.41. The van der Waals surface area contributed by atoms with E-state index >= 15 is 0 Å². The number of fused-ring (bicyclic) bond motifs is 1. The second-order valence-corrected chi connectivity index (χ2v) is 6.99. The zero-order valence-electron chi connectivity index (χ0n) is 17.1. The average molecular weight is 404 g/mol. The van der Waals surface area contributed by atoms with Gasteiger partial charge in [0.05, 0.1) is 29.8 Å². The number of halogens is 1. The summed E-state index contributed by atoms with van der Waals surface area (Å²) in [5, 5.41) is 0. The van der Waals surface area contributed by atoms with E-state index in [0.29, 0.717) is 24.6 Å². The number of aromatic nitrogens is 2. The Morgan fingerprint density at radius 1 is 0.833 bits per heavy atom. The first kappa shape index (κ1) is 20.0. The molecule has 0 radical (unpaired) electrons. The van der Waals surface area contributed by atoms with Gasteiger partial charge in [0.1, 0.15) is 11.6 Å². The Labute approximate surface area is 175 Å². The van der Waals surface area contributed by atoms with Crippen molar-refractivity contribution in [1.82, 2.24) is 9.55 Å². The molecule has 0 fully saturated rings. The Hall–Kier alpha value is -3.34. The largest absolute Gasteiger partial charge is 0.490 e. The molecular weight excluding hydrogens is 379 g/mol. The molecule has 0 spiro atoms. The van der Waals surface area contributed by atoms with E-state index in [9.17, 15) is 4.39 Å². The van der Waals surface area contributed by atoms with Crippen molar-refractivity contribution in [3.8, 4) is 22.9 Å². The first-order valence-corrected chi connectivity index (χ1v) is 10.3. The molecule has 1 aromatic heterocycles. The van der Waals surface area contributed by atoms with Crippen molar-refractivity contribution in [3.63, 3.8) is 0 Å². The molecule has 0 atom stereocenters. The number of rotatable bonds is 9. The Kier molecular flexibility index (Phi) is 6.28. The van der Waals surface area contributed by atoms with E-state index in [1.165, 1.54) is 6.07 Å². The summed E-state index contributed by atoms with van der Waals surface area (Å²) in [5.74, 6) is 1.93. The summed E-state index contributed by atoms with van der Waals surface area (Å²) in [6, 6.07) is 22.4. The lowest BCUT2D eigenvalue weighted by Crippen LogP contribution is -2.05. The zero-order chi connectivity index (χ0) is 20.8. The molecule has 0 bridgehead atoms. The van der Waals surface area contributed by atoms with E-state index in [4.69, 9.17) is 14.5 Å². The number of benzene rings is 3. The van der Waals surface area contributed by atoms with Crippen molar-refractivity contribution >= 4 is 11.0 Å². The highest BCUT2D eigenvalue weighted by Crippen LogP contribution is 2.28. The molecule has 0 amide bonds. The maximum absolute atomic E-state index is 14.4. The third-order valence-corrected chi connectivity index (χ3v) is 4.95. The van der Waals surface area contributed by atoms with Crippen LogP contribution in [-0.4, -0.2) is 22.8 Å². The molecular formula is C25H25FN2O2. The lowest BCUT2D eigenvalue weighted by molar-refractivity contribution is 0.270. The SMILES string of the molecule is CCOc1ccccc1OCCCCn1c(-c2ccccc2F)nc2ccccc21. The molecule has 3 aromatic carbocycles. The van der Waals surface area contributed by atoms with Crippen molar-refractivity contribution in [1.29, 1.82) is 0 Å². The number of hydrogen-bond acceptors (Lipinski definition) is 3. The van der Waals surface area contributed by atoms with E-state index < -0.39 is 0 Å². The Morgan fingerprint density at radius 2 is 1.53 bits per heavy atom. The fourth-order valence-electron chi connectivity index (χ4n) is 3.55. The molecule has 5 heteroatoms. The van der Waals surface area contributed by atoms with Gasteiger partial charge in [-0.15, -0.1) is 0 Å². The van der Waals surface area contributed by atoms with Crippen LogP contribution in [-0.2, 0) is 6.54 Å². The normalized spacial score (nSPS) is 11.0. The van der Waals surface area contributed by atoms with Gasteiger partial charge in [-0.25, -0.2) is 9.37 Å². The van der Waals surface area contributed by atoms with Crippen LogP contribution in [0.1, 0.15) is 19.8 Å². The molecule has 0 saturated carbocycles. The van der Waals surface area contributed by atoms with Crippen LogP contribution in [0, 0.1) is 5.82 Å². The van der Waals surface area contributed by atoms with Gasteiger partial charge in [0.2, 0.25) is 0 Å². The van der Waals surface area contributed by atoms with Gasteiger partial charge >= 0.3 is 0 Å². The fourth-order valence-corrected chi connectivity index (χ4v) is 3.55. The van der Waals surface area contributed by atoms with Gasteiger partial charge in [-0.2, -0.15) is 0 Å². The van der Waals surface area contributed by atoms with E-state index in [2.05, 4.69) is 4.57 Å². The number of hydrogen-bond donors (Lipinski definition) is 0. The van der Waals surface area contributed by atoms with Crippen molar-refractivity contribution in [2.45, 2.75) is 26.3 Å². The Bertz CT molecular complexity index is 1120. The van der Waals surface area contributed by atoms with Crippen LogP contribution in [0.5, 0.6) is 11.5 Å². The summed E-state index contributed by atoms with van der Waals surface area (Å²) >= 11 is 0. The van der Waals surface area contributed by atoms with E-state index in [-0.39, 0.29) is 5.82 Å². The second-order valence-electron chi connectivity index (χ2n) is 6.99. The zero-order valence-corrected chi connectivity index (χ0v) is 17.1. The lowest BCUT2D eigenvalue weighted by atomic mass is 10.2. The van der Waals surface area contributed by atoms with Gasteiger partial charge in [0, 0.05) is 6.54 Å². The minimum Gasteiger partial charge on any atom is -0.490 e. The predicted molar refractivity (Wildman–Crippen MR) is 117 cm³/mol. The molecule has 0 aliphatic rings. The monoisotopic (exact) mass is 404 g/mol. The first-order chi connectivity index (χ1) is 14.8. The van der Waals surface area contributed by atoms with Gasteiger partial charge in [0.25, 0.3) is 0 Å². The van der Waals surface area contributed by atoms with Crippen molar-refractivity contribution < 1.29 is 13.9 Å². The van der Waals surface area contributed by atoms with E-state index in [1.807, 2.05) is 61.5 Å². The van der Waals surface area contributed by atoms with Gasteiger partial charge in [-0.05, 0) is 56.2 Å². The maximum atomic E-state index is 14.4. The van der Waals surface area contributed by atoms with Crippen LogP contribution in [0.3, 0.4) is 0 Å². The molecule has 4 aromatic rings. The summed E-state index contributed by atoms with van der Waals surface area (Å²) in [6.07, 6.45) is 1.75. The van der Waals surface area contributed by atoms with Gasteiger partial charge < -0.3 is 14.0 Å². The van der Waals surface area contributed by atoms with Crippen molar-refractivity contribution in [2.75, 3.05) is 13.2 Å². The molecule has 0 N–H and O–H groups in total. The number of unbranched alkanes of at least 4 members (excludes halogenated alkanes) is 1. The Morgan fingerprint density at radius 3 is 2.33 bits per heavy atom. The van der Waals surface area contributed by atoms with Crippen molar-refractivity contribution in [3.05, 3.63) is 78.6 Å². The third kappa shape index (κ3) is 4.30. The van der Waals surface area contributed by atoms with E-state index in [0.717, 1.165) is 41.9 Å². The number of ether oxygens (including phenoxy) is 2. The average Bonchev–Trinajstić information content (AvgIpc) is 3.13. The Balaban J connectivity index is 1.46. The summed E-state index contributed by atoms with van der Waals surface area (Å²) in [6.45, 7) is 3.89. The highest BCUT2D eigenvalue weighted by atomic mass is 19.1. The van der Waals surface area contributed by atoms with Crippen LogP contribution in [0.2, 0.25) is 0 Å². The fraction of sp³-hybridized carbons (Fsp3) is 0.240. The molecule has 30 heavy (non-hydrogen) atoms. The summed E-state index contributed by atoms with van der Waals surface area (Å²) in [4.78, 5) is 4.70. The lowest BCUT2D eigenvalue weighted by Gasteiger charge is -2.12. The highest BCUT2D eigenvalue weighted by Gasteiger charge is 2.15. The van der Waals surface area contributed by atoms with Crippen LogP contribution in [0.4, 0.5) is 4.39 Å². The molecule has 4 nitrogen and oxygen atoms in total. The third-order valence-electron chi connectivity index (χ3n) is 4.95. The quantitative estimate of drug-likeness (QED) is 0.316. The molecule has 0 unspecified atom stereocenters. The maximum Gasteiger partial charge on any atom is 0.161 e. The minimum atomic E-state index is -0.259. The van der Waals surface area contributed by atoms with Crippen LogP contribution < -0.4 is 9.47 Å². The van der Waals surface area contributed by atoms with Gasteiger partial charge in [-0.1, -0.05) is 36.4 Å². The number of para-hydroxylation sites is 4. The minimum absolute atomic E-state index is 0.259. The van der Waals surface area contributed by atoms with Gasteiger partial charge in [-0.3, -0.25) is 0 Å². The molecule has 4 rings (SSSR count). The number of aryl methyl sites for hydroxylation is 1. The number of imidazole rings is 1. The van der Waals surface area contributed by atoms with Crippen LogP contribution in [0.15, 0.2) is 72.8 Å². The molecule has 0 saturated heterocycles. The highest BCUT2D eigenvalue weighted by molar-refractivity contribution is 5.80. The predicted octanol–water partition coefficient (Wildman–Crippen LogP) is 6.10. The first-order valence-electron chi connectivity index (χ1n) is 10.3. The standard InChI is InChI=1S/C25H25FN2O2/c1-2-29-23-15-7-8-16-24(23)30-18-10-9-17-28-22-14-6-5-13-21(22)27-25(28)19-11-3-4-12-20(19)26/h3-8,11-16H,2,9-10,17-18H2,1H3. The number of nitrogens with zero attached hydrogens (tertiary/aromatic N) is 2. The molecule has 1 heterocycles. The van der Waals surface area contributed by atoms with Crippen molar-refractivity contribution in [2.24, 2.45) is 0 Å². The summed E-state index contributed by atoms with van der Waals surface area (Å²) in [7, 11) is 0. The summed E-state index contributed by atoms with van der Waals surface area (Å²) < 4.78 is 28.1.